The topological polar surface area (TPSA) is 49.4 Å². The highest BCUT2D eigenvalue weighted by molar-refractivity contribution is 6.01. The molecule has 4 nitrogen and oxygen atoms in total. The summed E-state index contributed by atoms with van der Waals surface area (Å²) in [4.78, 5) is 26.6. The van der Waals surface area contributed by atoms with Crippen LogP contribution in [0.4, 0.5) is 14.5 Å². The van der Waals surface area contributed by atoms with Gasteiger partial charge in [0, 0.05) is 12.2 Å². The summed E-state index contributed by atoms with van der Waals surface area (Å²) in [5.41, 5.74) is 1.05. The number of hydrogen-bond acceptors (Lipinski definition) is 2. The first-order valence-corrected chi connectivity index (χ1v) is 8.10. The Kier molecular flexibility index (Phi) is 4.79. The molecule has 1 atom stereocenters. The van der Waals surface area contributed by atoms with E-state index in [9.17, 15) is 18.4 Å². The molecule has 1 saturated heterocycles. The first kappa shape index (κ1) is 17.1. The van der Waals surface area contributed by atoms with Crippen LogP contribution >= 0.6 is 0 Å². The average molecular weight is 344 g/mol. The fourth-order valence-corrected chi connectivity index (χ4v) is 3.06. The molecule has 0 aromatic heterocycles. The predicted octanol–water partition coefficient (Wildman–Crippen LogP) is 3.52. The SMILES string of the molecule is Cc1cc(F)ccc1NC(=O)C1CCCN1C(=O)c1ccccc1F. The largest absolute Gasteiger partial charge is 0.327 e. The van der Waals surface area contributed by atoms with Crippen LogP contribution in [0, 0.1) is 18.6 Å². The van der Waals surface area contributed by atoms with E-state index in [1.165, 1.54) is 41.3 Å². The van der Waals surface area contributed by atoms with Gasteiger partial charge in [-0.1, -0.05) is 12.1 Å². The van der Waals surface area contributed by atoms with Crippen LogP contribution in [0.15, 0.2) is 42.5 Å². The molecule has 1 aliphatic rings. The molecular weight excluding hydrogens is 326 g/mol. The lowest BCUT2D eigenvalue weighted by Crippen LogP contribution is -2.43. The third-order valence-corrected chi connectivity index (χ3v) is 4.37. The zero-order chi connectivity index (χ0) is 18.0. The molecule has 0 aliphatic carbocycles. The van der Waals surface area contributed by atoms with E-state index in [0.717, 1.165) is 0 Å². The van der Waals surface area contributed by atoms with Crippen LogP contribution < -0.4 is 5.32 Å². The summed E-state index contributed by atoms with van der Waals surface area (Å²) in [6, 6.07) is 9.14. The third kappa shape index (κ3) is 3.52. The van der Waals surface area contributed by atoms with Gasteiger partial charge >= 0.3 is 0 Å². The van der Waals surface area contributed by atoms with Crippen molar-refractivity contribution in [2.75, 3.05) is 11.9 Å². The molecule has 6 heteroatoms. The highest BCUT2D eigenvalue weighted by Gasteiger charge is 2.35. The van der Waals surface area contributed by atoms with Crippen molar-refractivity contribution in [1.29, 1.82) is 0 Å². The summed E-state index contributed by atoms with van der Waals surface area (Å²) >= 11 is 0. The van der Waals surface area contributed by atoms with Crippen molar-refractivity contribution in [3.05, 3.63) is 65.2 Å². The number of nitrogens with one attached hydrogen (secondary N) is 1. The molecule has 0 spiro atoms. The molecular formula is C19H18F2N2O2. The molecule has 3 rings (SSSR count). The molecule has 0 radical (unpaired) electrons. The van der Waals surface area contributed by atoms with Gasteiger partial charge in [0.05, 0.1) is 5.56 Å². The van der Waals surface area contributed by atoms with E-state index < -0.39 is 17.8 Å². The lowest BCUT2D eigenvalue weighted by molar-refractivity contribution is -0.119. The fourth-order valence-electron chi connectivity index (χ4n) is 3.06. The van der Waals surface area contributed by atoms with Gasteiger partial charge in [-0.15, -0.1) is 0 Å². The van der Waals surface area contributed by atoms with Gasteiger partial charge in [-0.3, -0.25) is 9.59 Å². The Hall–Kier alpha value is -2.76. The lowest BCUT2D eigenvalue weighted by atomic mass is 10.1. The molecule has 130 valence electrons. The summed E-state index contributed by atoms with van der Waals surface area (Å²) in [6.07, 6.45) is 1.17. The molecule has 0 saturated carbocycles. The number of anilines is 1. The minimum Gasteiger partial charge on any atom is -0.327 e. The summed E-state index contributed by atoms with van der Waals surface area (Å²) in [7, 11) is 0. The highest BCUT2D eigenvalue weighted by Crippen LogP contribution is 2.24. The Morgan fingerprint density at radius 3 is 2.64 bits per heavy atom. The van der Waals surface area contributed by atoms with Gasteiger partial charge in [0.15, 0.2) is 0 Å². The van der Waals surface area contributed by atoms with Crippen LogP contribution in [-0.2, 0) is 4.79 Å². The zero-order valence-corrected chi connectivity index (χ0v) is 13.8. The van der Waals surface area contributed by atoms with E-state index in [1.807, 2.05) is 0 Å². The van der Waals surface area contributed by atoms with Gasteiger partial charge in [0.1, 0.15) is 17.7 Å². The van der Waals surface area contributed by atoms with Gasteiger partial charge in [-0.05, 0) is 55.7 Å². The first-order valence-electron chi connectivity index (χ1n) is 8.10. The van der Waals surface area contributed by atoms with E-state index in [2.05, 4.69) is 5.32 Å². The number of likely N-dealkylation sites (tertiary alicyclic amines) is 1. The first-order chi connectivity index (χ1) is 12.0. The van der Waals surface area contributed by atoms with E-state index >= 15 is 0 Å². The Morgan fingerprint density at radius 2 is 1.92 bits per heavy atom. The molecule has 1 aliphatic heterocycles. The average Bonchev–Trinajstić information content (AvgIpc) is 3.07. The second-order valence-corrected chi connectivity index (χ2v) is 6.08. The predicted molar refractivity (Wildman–Crippen MR) is 90.2 cm³/mol. The van der Waals surface area contributed by atoms with Crippen LogP contribution in [-0.4, -0.2) is 29.3 Å². The Bertz CT molecular complexity index is 823. The van der Waals surface area contributed by atoms with Crippen molar-refractivity contribution in [2.24, 2.45) is 0 Å². The Balaban J connectivity index is 1.78. The molecule has 2 amide bonds. The lowest BCUT2D eigenvalue weighted by Gasteiger charge is -2.24. The minimum absolute atomic E-state index is 0.0415. The normalized spacial score (nSPS) is 16.8. The van der Waals surface area contributed by atoms with Crippen LogP contribution in [0.1, 0.15) is 28.8 Å². The number of amides is 2. The van der Waals surface area contributed by atoms with Gasteiger partial charge < -0.3 is 10.2 Å². The summed E-state index contributed by atoms with van der Waals surface area (Å²) < 4.78 is 27.1. The maximum atomic E-state index is 13.9. The van der Waals surface area contributed by atoms with E-state index in [1.54, 1.807) is 13.0 Å². The maximum Gasteiger partial charge on any atom is 0.257 e. The van der Waals surface area contributed by atoms with Crippen LogP contribution in [0.5, 0.6) is 0 Å². The molecule has 2 aromatic carbocycles. The van der Waals surface area contributed by atoms with Crippen molar-refractivity contribution in [3.63, 3.8) is 0 Å². The number of halogens is 2. The summed E-state index contributed by atoms with van der Waals surface area (Å²) in [6.45, 7) is 2.09. The fraction of sp³-hybridized carbons (Fsp3) is 0.263. The number of benzene rings is 2. The number of hydrogen-bond donors (Lipinski definition) is 1. The van der Waals surface area contributed by atoms with E-state index in [4.69, 9.17) is 0 Å². The van der Waals surface area contributed by atoms with Crippen molar-refractivity contribution in [2.45, 2.75) is 25.8 Å². The van der Waals surface area contributed by atoms with E-state index in [0.29, 0.717) is 30.6 Å². The molecule has 1 unspecified atom stereocenters. The minimum atomic E-state index is -0.670. The van der Waals surface area contributed by atoms with Crippen LogP contribution in [0.3, 0.4) is 0 Å². The molecule has 1 fully saturated rings. The van der Waals surface area contributed by atoms with Gasteiger partial charge in [0.25, 0.3) is 5.91 Å². The second-order valence-electron chi connectivity index (χ2n) is 6.08. The van der Waals surface area contributed by atoms with Gasteiger partial charge in [-0.25, -0.2) is 8.78 Å². The molecule has 1 heterocycles. The van der Waals surface area contributed by atoms with Crippen LogP contribution in [0.25, 0.3) is 0 Å². The maximum absolute atomic E-state index is 13.9. The molecule has 1 N–H and O–H groups in total. The number of rotatable bonds is 3. The molecule has 25 heavy (non-hydrogen) atoms. The Morgan fingerprint density at radius 1 is 1.16 bits per heavy atom. The zero-order valence-electron chi connectivity index (χ0n) is 13.8. The smallest absolute Gasteiger partial charge is 0.257 e. The summed E-state index contributed by atoms with van der Waals surface area (Å²) in [5, 5.41) is 2.74. The number of aryl methyl sites for hydroxylation is 1. The second kappa shape index (κ2) is 7.01. The third-order valence-electron chi connectivity index (χ3n) is 4.37. The number of nitrogens with zero attached hydrogens (tertiary/aromatic N) is 1. The van der Waals surface area contributed by atoms with Crippen molar-refractivity contribution in [1.82, 2.24) is 4.90 Å². The van der Waals surface area contributed by atoms with Gasteiger partial charge in [0.2, 0.25) is 5.91 Å². The molecule has 2 aromatic rings. The number of carbonyl (C=O) groups excluding carboxylic acids is 2. The van der Waals surface area contributed by atoms with Gasteiger partial charge in [-0.2, -0.15) is 0 Å². The van der Waals surface area contributed by atoms with E-state index in [-0.39, 0.29) is 17.3 Å². The molecule has 0 bridgehead atoms. The Labute approximate surface area is 144 Å². The quantitative estimate of drug-likeness (QED) is 0.926. The van der Waals surface area contributed by atoms with Crippen LogP contribution in [0.2, 0.25) is 0 Å². The van der Waals surface area contributed by atoms with Crippen molar-refractivity contribution in [3.8, 4) is 0 Å². The summed E-state index contributed by atoms with van der Waals surface area (Å²) in [5.74, 6) is -1.83. The highest BCUT2D eigenvalue weighted by atomic mass is 19.1. The number of carbonyl (C=O) groups is 2. The standard InChI is InChI=1S/C19H18F2N2O2/c1-12-11-13(20)8-9-16(12)22-18(24)17-7-4-10-23(17)19(25)14-5-2-3-6-15(14)21/h2-3,5-6,8-9,11,17H,4,7,10H2,1H3,(H,22,24). The van der Waals surface area contributed by atoms with Crippen molar-refractivity contribution < 1.29 is 18.4 Å². The van der Waals surface area contributed by atoms with Crippen molar-refractivity contribution >= 4 is 17.5 Å². The monoisotopic (exact) mass is 344 g/mol.